The molecule has 8 heteroatoms. The summed E-state index contributed by atoms with van der Waals surface area (Å²) in [6.45, 7) is 3.94. The van der Waals surface area contributed by atoms with Crippen LogP contribution < -0.4 is 5.32 Å². The number of aryl methyl sites for hydroxylation is 2. The quantitative estimate of drug-likeness (QED) is 0.451. The fourth-order valence-corrected chi connectivity index (χ4v) is 6.01. The number of nitrogens with one attached hydrogen (secondary N) is 1. The number of Topliss-reactive ketones (excluding diaryl/α,β-unsaturated/α-hetero) is 1. The van der Waals surface area contributed by atoms with E-state index in [0.717, 1.165) is 45.1 Å². The van der Waals surface area contributed by atoms with Crippen molar-refractivity contribution < 1.29 is 18.8 Å². The van der Waals surface area contributed by atoms with Gasteiger partial charge in [-0.3, -0.25) is 14.5 Å². The van der Waals surface area contributed by atoms with E-state index in [1.807, 2.05) is 29.9 Å². The molecule has 1 fully saturated rings. The second kappa shape index (κ2) is 7.95. The van der Waals surface area contributed by atoms with E-state index in [1.165, 1.54) is 12.1 Å². The number of ketones is 1. The molecule has 3 amide bonds. The van der Waals surface area contributed by atoms with Crippen LogP contribution >= 0.6 is 11.3 Å². The van der Waals surface area contributed by atoms with Crippen LogP contribution in [0, 0.1) is 19.7 Å². The number of carbonyl (C=O) groups is 3. The molecule has 0 unspecified atom stereocenters. The Kier molecular flexibility index (Phi) is 5.20. The first kappa shape index (κ1) is 21.6. The van der Waals surface area contributed by atoms with Gasteiger partial charge in [0, 0.05) is 33.9 Å². The molecule has 5 rings (SSSR count). The van der Waals surface area contributed by atoms with Crippen molar-refractivity contribution in [3.8, 4) is 0 Å². The van der Waals surface area contributed by atoms with Gasteiger partial charge < -0.3 is 9.88 Å². The average molecular weight is 466 g/mol. The largest absolute Gasteiger partial charge is 0.344 e. The van der Waals surface area contributed by atoms with Crippen molar-refractivity contribution in [1.29, 1.82) is 0 Å². The second-order valence-corrected chi connectivity index (χ2v) is 9.76. The zero-order valence-corrected chi connectivity index (χ0v) is 19.3. The van der Waals surface area contributed by atoms with Gasteiger partial charge in [0.1, 0.15) is 11.4 Å². The molecule has 1 aromatic carbocycles. The van der Waals surface area contributed by atoms with Gasteiger partial charge in [0.2, 0.25) is 0 Å². The Morgan fingerprint density at radius 2 is 1.94 bits per heavy atom. The number of aromatic nitrogens is 1. The van der Waals surface area contributed by atoms with E-state index in [0.29, 0.717) is 18.5 Å². The molecule has 0 bridgehead atoms. The summed E-state index contributed by atoms with van der Waals surface area (Å²) in [5, 5.41) is 4.84. The summed E-state index contributed by atoms with van der Waals surface area (Å²) in [7, 11) is 0. The number of halogens is 1. The molecule has 1 atom stereocenters. The molecule has 3 aromatic rings. The third-order valence-electron chi connectivity index (χ3n) is 6.77. The molecule has 3 heterocycles. The Bertz CT molecular complexity index is 1280. The average Bonchev–Trinajstić information content (AvgIpc) is 3.44. The maximum Gasteiger partial charge on any atom is 0.325 e. The highest BCUT2D eigenvalue weighted by atomic mass is 32.1. The Labute approximate surface area is 195 Å². The summed E-state index contributed by atoms with van der Waals surface area (Å²) in [6, 6.07) is 9.42. The van der Waals surface area contributed by atoms with Gasteiger partial charge >= 0.3 is 6.03 Å². The standard InChI is InChI=1S/C25H24FN3O3S/c1-15-12-19(16(2)28(15)13-17-5-7-18(26)8-6-17)21(30)14-29-23(31)25(27-24(29)32)10-3-4-22-20(25)9-11-33-22/h5-9,11-12H,3-4,10,13-14H2,1-2H3,(H,27,32)/t25-/m0/s1. The number of thiophene rings is 1. The lowest BCUT2D eigenvalue weighted by molar-refractivity contribution is -0.131. The molecule has 0 saturated carbocycles. The maximum atomic E-state index is 13.4. The number of hydrogen-bond acceptors (Lipinski definition) is 4. The van der Waals surface area contributed by atoms with Crippen molar-refractivity contribution in [2.45, 2.75) is 45.2 Å². The lowest BCUT2D eigenvalue weighted by Gasteiger charge is -2.31. The van der Waals surface area contributed by atoms with Gasteiger partial charge in [-0.2, -0.15) is 0 Å². The molecule has 2 aliphatic rings. The zero-order chi connectivity index (χ0) is 23.3. The van der Waals surface area contributed by atoms with Crippen LogP contribution in [-0.2, 0) is 23.3 Å². The van der Waals surface area contributed by atoms with Gasteiger partial charge in [0.15, 0.2) is 5.78 Å². The van der Waals surface area contributed by atoms with Gasteiger partial charge in [-0.25, -0.2) is 9.18 Å². The van der Waals surface area contributed by atoms with E-state index < -0.39 is 11.6 Å². The normalized spacial score (nSPS) is 19.8. The Morgan fingerprint density at radius 1 is 1.18 bits per heavy atom. The Morgan fingerprint density at radius 3 is 2.70 bits per heavy atom. The van der Waals surface area contributed by atoms with Crippen LogP contribution in [0.5, 0.6) is 0 Å². The van der Waals surface area contributed by atoms with Gasteiger partial charge in [-0.1, -0.05) is 12.1 Å². The number of urea groups is 1. The summed E-state index contributed by atoms with van der Waals surface area (Å²) in [5.41, 5.74) is 2.84. The smallest absolute Gasteiger partial charge is 0.325 e. The molecule has 1 N–H and O–H groups in total. The first-order valence-corrected chi connectivity index (χ1v) is 11.8. The van der Waals surface area contributed by atoms with Crippen LogP contribution in [0.3, 0.4) is 0 Å². The summed E-state index contributed by atoms with van der Waals surface area (Å²) < 4.78 is 15.2. The molecule has 0 radical (unpaired) electrons. The Hall–Kier alpha value is -3.26. The lowest BCUT2D eigenvalue weighted by atomic mass is 9.80. The molecular formula is C25H24FN3O3S. The number of amides is 3. The number of hydrogen-bond donors (Lipinski definition) is 1. The number of benzene rings is 1. The highest BCUT2D eigenvalue weighted by molar-refractivity contribution is 7.10. The molecule has 1 saturated heterocycles. The predicted molar refractivity (Wildman–Crippen MR) is 123 cm³/mol. The highest BCUT2D eigenvalue weighted by Gasteiger charge is 2.54. The minimum Gasteiger partial charge on any atom is -0.344 e. The molecular weight excluding hydrogens is 441 g/mol. The van der Waals surface area contributed by atoms with Crippen LogP contribution in [0.15, 0.2) is 41.8 Å². The van der Waals surface area contributed by atoms with Crippen LogP contribution in [0.25, 0.3) is 0 Å². The third-order valence-corrected chi connectivity index (χ3v) is 7.75. The van der Waals surface area contributed by atoms with Crippen molar-refractivity contribution in [1.82, 2.24) is 14.8 Å². The van der Waals surface area contributed by atoms with Gasteiger partial charge in [0.05, 0.1) is 6.54 Å². The minimum atomic E-state index is -1.05. The van der Waals surface area contributed by atoms with E-state index in [-0.39, 0.29) is 24.1 Å². The van der Waals surface area contributed by atoms with Crippen molar-refractivity contribution >= 4 is 29.1 Å². The molecule has 6 nitrogen and oxygen atoms in total. The van der Waals surface area contributed by atoms with E-state index in [9.17, 15) is 18.8 Å². The number of nitrogens with zero attached hydrogens (tertiary/aromatic N) is 2. The first-order valence-electron chi connectivity index (χ1n) is 11.0. The van der Waals surface area contributed by atoms with Crippen molar-refractivity contribution in [2.75, 3.05) is 6.54 Å². The van der Waals surface area contributed by atoms with Crippen molar-refractivity contribution in [2.24, 2.45) is 0 Å². The van der Waals surface area contributed by atoms with Crippen molar-refractivity contribution in [3.63, 3.8) is 0 Å². The van der Waals surface area contributed by atoms with E-state index >= 15 is 0 Å². The number of imide groups is 1. The topological polar surface area (TPSA) is 71.4 Å². The van der Waals surface area contributed by atoms with Gasteiger partial charge in [-0.05, 0) is 68.3 Å². The van der Waals surface area contributed by atoms with Crippen LogP contribution in [0.2, 0.25) is 0 Å². The lowest BCUT2D eigenvalue weighted by Crippen LogP contribution is -2.46. The summed E-state index contributed by atoms with van der Waals surface area (Å²) >= 11 is 1.60. The maximum absolute atomic E-state index is 13.4. The fourth-order valence-electron chi connectivity index (χ4n) is 5.01. The van der Waals surface area contributed by atoms with Crippen LogP contribution in [0.4, 0.5) is 9.18 Å². The fraction of sp³-hybridized carbons (Fsp3) is 0.320. The van der Waals surface area contributed by atoms with Crippen molar-refractivity contribution in [3.05, 3.63) is 80.6 Å². The van der Waals surface area contributed by atoms with Crippen LogP contribution in [0.1, 0.15) is 50.6 Å². The van der Waals surface area contributed by atoms with E-state index in [2.05, 4.69) is 5.32 Å². The van der Waals surface area contributed by atoms with E-state index in [1.54, 1.807) is 29.5 Å². The minimum absolute atomic E-state index is 0.282. The molecule has 1 spiro atoms. The van der Waals surface area contributed by atoms with Gasteiger partial charge in [-0.15, -0.1) is 11.3 Å². The third kappa shape index (κ3) is 3.49. The summed E-state index contributed by atoms with van der Waals surface area (Å²) in [6.07, 6.45) is 2.25. The number of rotatable bonds is 5. The molecule has 33 heavy (non-hydrogen) atoms. The molecule has 1 aliphatic carbocycles. The van der Waals surface area contributed by atoms with E-state index in [4.69, 9.17) is 0 Å². The Balaban J connectivity index is 1.38. The molecule has 170 valence electrons. The molecule has 1 aliphatic heterocycles. The summed E-state index contributed by atoms with van der Waals surface area (Å²) in [4.78, 5) is 41.6. The summed E-state index contributed by atoms with van der Waals surface area (Å²) in [5.74, 6) is -0.926. The number of fused-ring (bicyclic) bond motifs is 2. The number of carbonyl (C=O) groups excluding carboxylic acids is 3. The van der Waals surface area contributed by atoms with Gasteiger partial charge in [0.25, 0.3) is 5.91 Å². The SMILES string of the molecule is Cc1cc(C(=O)CN2C(=O)N[C@]3(CCCc4sccc43)C2=O)c(C)n1Cc1ccc(F)cc1. The predicted octanol–water partition coefficient (Wildman–Crippen LogP) is 4.32. The zero-order valence-electron chi connectivity index (χ0n) is 18.5. The monoisotopic (exact) mass is 465 g/mol. The van der Waals surface area contributed by atoms with Crippen LogP contribution in [-0.4, -0.2) is 33.7 Å². The highest BCUT2D eigenvalue weighted by Crippen LogP contribution is 2.42. The molecule has 2 aromatic heterocycles. The first-order chi connectivity index (χ1) is 15.8. The second-order valence-electron chi connectivity index (χ2n) is 8.76.